The fourth-order valence-electron chi connectivity index (χ4n) is 5.02. The smallest absolute Gasteiger partial charge is 0.251 e. The number of ether oxygens (including phenoxy) is 1. The van der Waals surface area contributed by atoms with E-state index >= 15 is 0 Å². The topological polar surface area (TPSA) is 107 Å². The summed E-state index contributed by atoms with van der Waals surface area (Å²) in [6.07, 6.45) is 8.05. The second-order valence-corrected chi connectivity index (χ2v) is 11.9. The van der Waals surface area contributed by atoms with Crippen LogP contribution in [0.3, 0.4) is 0 Å². The molecule has 0 spiro atoms. The minimum absolute atomic E-state index is 0.00404. The van der Waals surface area contributed by atoms with Crippen molar-refractivity contribution in [3.05, 3.63) is 126 Å². The Balaban J connectivity index is 1.51. The Kier molecular flexibility index (Phi) is 8.45. The van der Waals surface area contributed by atoms with Crippen LogP contribution >= 0.6 is 0 Å². The molecule has 1 aliphatic carbocycles. The van der Waals surface area contributed by atoms with E-state index in [9.17, 15) is 18.0 Å². The zero-order valence-corrected chi connectivity index (χ0v) is 23.3. The lowest BCUT2D eigenvalue weighted by Crippen LogP contribution is -2.23. The lowest BCUT2D eigenvalue weighted by molar-refractivity contribution is 0.0954. The number of aromatic nitrogens is 2. The highest BCUT2D eigenvalue weighted by Gasteiger charge is 2.28. The highest BCUT2D eigenvalue weighted by Crippen LogP contribution is 2.36. The lowest BCUT2D eigenvalue weighted by atomic mass is 9.87. The van der Waals surface area contributed by atoms with E-state index in [-0.39, 0.29) is 22.3 Å². The Bertz CT molecular complexity index is 1650. The number of hydrogen-bond donors (Lipinski definition) is 1. The summed E-state index contributed by atoms with van der Waals surface area (Å²) in [6.45, 7) is 4.35. The van der Waals surface area contributed by atoms with E-state index in [1.165, 1.54) is 24.3 Å². The summed E-state index contributed by atoms with van der Waals surface area (Å²) in [5, 5.41) is 2.68. The average molecular weight is 570 g/mol. The maximum Gasteiger partial charge on any atom is 0.251 e. The van der Waals surface area contributed by atoms with Crippen LogP contribution in [0.2, 0.25) is 0 Å². The fourth-order valence-corrected chi connectivity index (χ4v) is 6.43. The van der Waals surface area contributed by atoms with Gasteiger partial charge in [0.05, 0.1) is 23.5 Å². The molecule has 0 aliphatic heterocycles. The molecule has 1 heterocycles. The molecule has 9 heteroatoms. The van der Waals surface area contributed by atoms with Gasteiger partial charge in [-0.15, -0.1) is 6.58 Å². The maximum atomic E-state index is 13.7. The molecule has 210 valence electrons. The Hall–Kier alpha value is -4.50. The highest BCUT2D eigenvalue weighted by molar-refractivity contribution is 7.90. The van der Waals surface area contributed by atoms with E-state index in [0.29, 0.717) is 54.8 Å². The zero-order chi connectivity index (χ0) is 28.8. The normalized spacial score (nSPS) is 13.7. The fraction of sp³-hybridized carbons (Fsp3) is 0.219. The van der Waals surface area contributed by atoms with Crippen molar-refractivity contribution in [1.29, 1.82) is 0 Å². The Labute approximate surface area is 239 Å². The van der Waals surface area contributed by atoms with Crippen LogP contribution in [0, 0.1) is 0 Å². The SMILES string of the molecule is C=CCNC(=O)c1ccc(S(=O)(=O)Cc2c(O[C@H](Cn3ccnc3)c3ccccc3)ccc3c2CCCC3=O)cc1. The Morgan fingerprint density at radius 1 is 1.07 bits per heavy atom. The van der Waals surface area contributed by atoms with Crippen molar-refractivity contribution in [2.75, 3.05) is 6.54 Å². The Morgan fingerprint density at radius 2 is 1.85 bits per heavy atom. The van der Waals surface area contributed by atoms with Gasteiger partial charge in [-0.2, -0.15) is 0 Å². The summed E-state index contributed by atoms with van der Waals surface area (Å²) in [7, 11) is -3.85. The molecule has 1 N–H and O–H groups in total. The monoisotopic (exact) mass is 569 g/mol. The number of carbonyl (C=O) groups is 2. The van der Waals surface area contributed by atoms with Crippen molar-refractivity contribution in [3.63, 3.8) is 0 Å². The molecule has 1 atom stereocenters. The number of imidazole rings is 1. The number of carbonyl (C=O) groups excluding carboxylic acids is 2. The van der Waals surface area contributed by atoms with Crippen LogP contribution in [0.4, 0.5) is 0 Å². The van der Waals surface area contributed by atoms with Crippen molar-refractivity contribution in [2.45, 2.75) is 42.6 Å². The van der Waals surface area contributed by atoms with Crippen molar-refractivity contribution >= 4 is 21.5 Å². The van der Waals surface area contributed by atoms with Crippen LogP contribution in [0.5, 0.6) is 5.75 Å². The standard InChI is InChI=1S/C32H31N3O5S/c1-2-17-34-32(37)24-11-13-25(14-12-24)41(38,39)21-28-26-9-6-10-29(36)27(26)15-16-30(28)40-31(20-35-19-18-33-22-35)23-7-4-3-5-8-23/h2-5,7-8,11-16,18-19,22,31H,1,6,9-10,17,20-21H2,(H,34,37)/t31-/m1/s1. The van der Waals surface area contributed by atoms with Crippen LogP contribution in [0.15, 0.2) is 103 Å². The van der Waals surface area contributed by atoms with Crippen LogP contribution < -0.4 is 10.1 Å². The van der Waals surface area contributed by atoms with Crippen molar-refractivity contribution in [2.24, 2.45) is 0 Å². The number of amides is 1. The lowest BCUT2D eigenvalue weighted by Gasteiger charge is -2.25. The number of nitrogens with zero attached hydrogens (tertiary/aromatic N) is 2. The van der Waals surface area contributed by atoms with Crippen molar-refractivity contribution in [1.82, 2.24) is 14.9 Å². The highest BCUT2D eigenvalue weighted by atomic mass is 32.2. The molecule has 0 fully saturated rings. The molecule has 0 bridgehead atoms. The molecule has 0 saturated heterocycles. The molecule has 1 aliphatic rings. The quantitative estimate of drug-likeness (QED) is 0.252. The zero-order valence-electron chi connectivity index (χ0n) is 22.5. The first-order valence-corrected chi connectivity index (χ1v) is 15.1. The summed E-state index contributed by atoms with van der Waals surface area (Å²) in [5.74, 6) is -0.223. The minimum atomic E-state index is -3.85. The van der Waals surface area contributed by atoms with Crippen molar-refractivity contribution in [3.8, 4) is 5.75 Å². The van der Waals surface area contributed by atoms with Gasteiger partial charge in [0.25, 0.3) is 5.91 Å². The van der Waals surface area contributed by atoms with Crippen LogP contribution in [0.1, 0.15) is 56.4 Å². The number of fused-ring (bicyclic) bond motifs is 1. The molecular formula is C32H31N3O5S. The molecule has 8 nitrogen and oxygen atoms in total. The molecule has 0 radical (unpaired) electrons. The third kappa shape index (κ3) is 6.47. The second kappa shape index (κ2) is 12.3. The van der Waals surface area contributed by atoms with Gasteiger partial charge in [0.2, 0.25) is 0 Å². The summed E-state index contributed by atoms with van der Waals surface area (Å²) in [5.41, 5.74) is 3.04. The Morgan fingerprint density at radius 3 is 2.56 bits per heavy atom. The number of Topliss-reactive ketones (excluding diaryl/α,β-unsaturated/α-hetero) is 1. The van der Waals surface area contributed by atoms with E-state index in [1.54, 1.807) is 30.7 Å². The number of benzene rings is 3. The molecule has 1 amide bonds. The molecule has 0 unspecified atom stereocenters. The van der Waals surface area contributed by atoms with E-state index in [1.807, 2.05) is 41.1 Å². The molecule has 41 heavy (non-hydrogen) atoms. The molecule has 3 aromatic carbocycles. The van der Waals surface area contributed by atoms with Gasteiger partial charge in [-0.1, -0.05) is 36.4 Å². The number of ketones is 1. The number of sulfone groups is 1. The van der Waals surface area contributed by atoms with Gasteiger partial charge in [0, 0.05) is 42.0 Å². The van der Waals surface area contributed by atoms with Crippen LogP contribution in [0.25, 0.3) is 0 Å². The maximum absolute atomic E-state index is 13.7. The molecule has 1 aromatic heterocycles. The summed E-state index contributed by atoms with van der Waals surface area (Å²) >= 11 is 0. The third-order valence-electron chi connectivity index (χ3n) is 7.11. The van der Waals surface area contributed by atoms with Crippen molar-refractivity contribution < 1.29 is 22.7 Å². The predicted octanol–water partition coefficient (Wildman–Crippen LogP) is 5.11. The predicted molar refractivity (Wildman–Crippen MR) is 156 cm³/mol. The average Bonchev–Trinajstić information content (AvgIpc) is 3.50. The van der Waals surface area contributed by atoms with Gasteiger partial charge in [-0.05, 0) is 60.4 Å². The number of rotatable bonds is 11. The van der Waals surface area contributed by atoms with Gasteiger partial charge >= 0.3 is 0 Å². The van der Waals surface area contributed by atoms with E-state index in [0.717, 1.165) is 11.1 Å². The summed E-state index contributed by atoms with van der Waals surface area (Å²) in [4.78, 5) is 29.3. The van der Waals surface area contributed by atoms with Crippen LogP contribution in [-0.4, -0.2) is 36.2 Å². The largest absolute Gasteiger partial charge is 0.484 e. The van der Waals surface area contributed by atoms with E-state index in [2.05, 4.69) is 16.9 Å². The third-order valence-corrected chi connectivity index (χ3v) is 8.77. The summed E-state index contributed by atoms with van der Waals surface area (Å²) in [6, 6.07) is 19.0. The number of nitrogens with one attached hydrogen (secondary N) is 1. The summed E-state index contributed by atoms with van der Waals surface area (Å²) < 4.78 is 35.9. The first kappa shape index (κ1) is 28.0. The molecule has 0 saturated carbocycles. The van der Waals surface area contributed by atoms with Gasteiger partial charge in [0.1, 0.15) is 11.9 Å². The van der Waals surface area contributed by atoms with Crippen LogP contribution in [-0.2, 0) is 28.6 Å². The minimum Gasteiger partial charge on any atom is -0.484 e. The van der Waals surface area contributed by atoms with Gasteiger partial charge in [-0.25, -0.2) is 13.4 Å². The van der Waals surface area contributed by atoms with E-state index < -0.39 is 15.9 Å². The molecular weight excluding hydrogens is 538 g/mol. The first-order valence-electron chi connectivity index (χ1n) is 13.4. The number of hydrogen-bond acceptors (Lipinski definition) is 6. The van der Waals surface area contributed by atoms with Gasteiger partial charge in [-0.3, -0.25) is 9.59 Å². The molecule has 4 aromatic rings. The molecule has 5 rings (SSSR count). The van der Waals surface area contributed by atoms with Gasteiger partial charge < -0.3 is 14.6 Å². The second-order valence-electron chi connectivity index (χ2n) is 9.90. The van der Waals surface area contributed by atoms with Gasteiger partial charge in [0.15, 0.2) is 15.6 Å². The first-order chi connectivity index (χ1) is 19.9. The van der Waals surface area contributed by atoms with E-state index in [4.69, 9.17) is 4.74 Å².